The molecule has 1 aromatic heterocycles. The summed E-state index contributed by atoms with van der Waals surface area (Å²) < 4.78 is 20.3. The average Bonchev–Trinajstić information content (AvgIpc) is 3.05. The van der Waals surface area contributed by atoms with Crippen molar-refractivity contribution in [2.45, 2.75) is 25.9 Å². The second-order valence-corrected chi connectivity index (χ2v) is 5.02. The maximum Gasteiger partial charge on any atom is 0.315 e. The number of rotatable bonds is 7. The summed E-state index contributed by atoms with van der Waals surface area (Å²) in [5.41, 5.74) is 0.588. The Hall–Kier alpha value is -2.64. The van der Waals surface area contributed by atoms with E-state index in [0.29, 0.717) is 24.4 Å². The maximum absolute atomic E-state index is 13.4. The number of aryl methyl sites for hydroxylation is 1. The van der Waals surface area contributed by atoms with Gasteiger partial charge in [-0.25, -0.2) is 14.2 Å². The third-order valence-corrected chi connectivity index (χ3v) is 3.32. The second-order valence-electron chi connectivity index (χ2n) is 5.02. The minimum atomic E-state index is -0.379. The van der Waals surface area contributed by atoms with Crippen LogP contribution in [0.4, 0.5) is 9.18 Å². The van der Waals surface area contributed by atoms with Gasteiger partial charge in [-0.1, -0.05) is 0 Å². The molecular weight excluding hydrogens is 301 g/mol. The molecule has 0 aliphatic carbocycles. The Kier molecular flexibility index (Phi) is 5.90. The average molecular weight is 321 g/mol. The lowest BCUT2D eigenvalue weighted by molar-refractivity contribution is 0.237. The molecule has 0 unspecified atom stereocenters. The highest BCUT2D eigenvalue weighted by Crippen LogP contribution is 2.25. The number of nitrogens with zero attached hydrogens (tertiary/aromatic N) is 3. The van der Waals surface area contributed by atoms with Gasteiger partial charge in [0.15, 0.2) is 0 Å². The van der Waals surface area contributed by atoms with E-state index in [1.165, 1.54) is 25.6 Å². The largest absolute Gasteiger partial charge is 0.496 e. The van der Waals surface area contributed by atoms with E-state index in [9.17, 15) is 9.18 Å². The highest BCUT2D eigenvalue weighted by atomic mass is 19.1. The minimum Gasteiger partial charge on any atom is -0.496 e. The summed E-state index contributed by atoms with van der Waals surface area (Å²) in [6.07, 6.45) is 3.82. The number of halogens is 1. The summed E-state index contributed by atoms with van der Waals surface area (Å²) in [6.45, 7) is 2.94. The van der Waals surface area contributed by atoms with E-state index >= 15 is 0 Å². The molecule has 2 N–H and O–H groups in total. The monoisotopic (exact) mass is 321 g/mol. The normalized spacial score (nSPS) is 11.8. The first-order chi connectivity index (χ1) is 11.1. The van der Waals surface area contributed by atoms with Gasteiger partial charge in [0.25, 0.3) is 0 Å². The van der Waals surface area contributed by atoms with Gasteiger partial charge in [0.1, 0.15) is 24.2 Å². The molecule has 7 nitrogen and oxygen atoms in total. The highest BCUT2D eigenvalue weighted by molar-refractivity contribution is 5.74. The zero-order chi connectivity index (χ0) is 16.7. The van der Waals surface area contributed by atoms with E-state index in [1.54, 1.807) is 24.0 Å². The Balaban J connectivity index is 1.79. The summed E-state index contributed by atoms with van der Waals surface area (Å²) in [7, 11) is 1.51. The van der Waals surface area contributed by atoms with Crippen LogP contribution >= 0.6 is 0 Å². The molecule has 2 amide bonds. The predicted molar refractivity (Wildman–Crippen MR) is 82.5 cm³/mol. The van der Waals surface area contributed by atoms with Crippen molar-refractivity contribution in [3.8, 4) is 5.75 Å². The van der Waals surface area contributed by atoms with Gasteiger partial charge in [-0.05, 0) is 31.5 Å². The Morgan fingerprint density at radius 2 is 2.30 bits per heavy atom. The number of aromatic nitrogens is 3. The molecule has 1 heterocycles. The van der Waals surface area contributed by atoms with Crippen molar-refractivity contribution in [3.63, 3.8) is 0 Å². The number of hydrogen-bond donors (Lipinski definition) is 2. The van der Waals surface area contributed by atoms with Gasteiger partial charge in [0.05, 0.1) is 13.2 Å². The van der Waals surface area contributed by atoms with Crippen molar-refractivity contribution >= 4 is 6.03 Å². The number of methoxy groups -OCH3 is 1. The van der Waals surface area contributed by atoms with E-state index in [-0.39, 0.29) is 17.9 Å². The molecule has 0 saturated carbocycles. The van der Waals surface area contributed by atoms with Crippen molar-refractivity contribution < 1.29 is 13.9 Å². The molecule has 8 heteroatoms. The summed E-state index contributed by atoms with van der Waals surface area (Å²) in [6, 6.07) is 3.52. The zero-order valence-electron chi connectivity index (χ0n) is 13.1. The smallest absolute Gasteiger partial charge is 0.315 e. The van der Waals surface area contributed by atoms with Crippen LogP contribution in [0.2, 0.25) is 0 Å². The van der Waals surface area contributed by atoms with Crippen LogP contribution < -0.4 is 15.4 Å². The van der Waals surface area contributed by atoms with E-state index in [4.69, 9.17) is 4.74 Å². The number of nitrogens with one attached hydrogen (secondary N) is 2. The molecule has 2 aromatic rings. The van der Waals surface area contributed by atoms with Crippen molar-refractivity contribution in [2.24, 2.45) is 0 Å². The van der Waals surface area contributed by atoms with Crippen molar-refractivity contribution in [1.29, 1.82) is 0 Å². The van der Waals surface area contributed by atoms with Crippen molar-refractivity contribution in [1.82, 2.24) is 25.4 Å². The fourth-order valence-corrected chi connectivity index (χ4v) is 2.16. The third-order valence-electron chi connectivity index (χ3n) is 3.32. The second kappa shape index (κ2) is 8.11. The van der Waals surface area contributed by atoms with Gasteiger partial charge >= 0.3 is 6.03 Å². The van der Waals surface area contributed by atoms with E-state index in [0.717, 1.165) is 6.42 Å². The number of carbonyl (C=O) groups is 1. The Labute approximate surface area is 133 Å². The van der Waals surface area contributed by atoms with Gasteiger partial charge in [-0.15, -0.1) is 0 Å². The number of ether oxygens (including phenoxy) is 1. The van der Waals surface area contributed by atoms with E-state index in [1.807, 2.05) is 0 Å². The molecule has 0 spiro atoms. The van der Waals surface area contributed by atoms with Gasteiger partial charge in [-0.2, -0.15) is 5.10 Å². The lowest BCUT2D eigenvalue weighted by Gasteiger charge is -2.17. The molecule has 0 aliphatic heterocycles. The Morgan fingerprint density at radius 1 is 1.48 bits per heavy atom. The van der Waals surface area contributed by atoms with E-state index in [2.05, 4.69) is 20.7 Å². The molecule has 0 bridgehead atoms. The number of urea groups is 1. The third kappa shape index (κ3) is 4.94. The van der Waals surface area contributed by atoms with Gasteiger partial charge in [0.2, 0.25) is 0 Å². The molecule has 1 aromatic carbocycles. The Morgan fingerprint density at radius 3 is 3.00 bits per heavy atom. The first kappa shape index (κ1) is 16.7. The molecule has 23 heavy (non-hydrogen) atoms. The van der Waals surface area contributed by atoms with Crippen LogP contribution in [0.5, 0.6) is 5.75 Å². The first-order valence-corrected chi connectivity index (χ1v) is 7.30. The quantitative estimate of drug-likeness (QED) is 0.763. The molecule has 124 valence electrons. The van der Waals surface area contributed by atoms with Gasteiger partial charge in [0, 0.05) is 18.7 Å². The van der Waals surface area contributed by atoms with Gasteiger partial charge < -0.3 is 15.4 Å². The lowest BCUT2D eigenvalue weighted by Crippen LogP contribution is -2.37. The number of benzene rings is 1. The minimum absolute atomic E-state index is 0.317. The fraction of sp³-hybridized carbons (Fsp3) is 0.400. The number of hydrogen-bond acceptors (Lipinski definition) is 4. The molecule has 0 aliphatic rings. The summed E-state index contributed by atoms with van der Waals surface area (Å²) >= 11 is 0. The van der Waals surface area contributed by atoms with Crippen LogP contribution in [0.1, 0.15) is 24.9 Å². The molecular formula is C15H20FN5O2. The highest BCUT2D eigenvalue weighted by Gasteiger charge is 2.14. The van der Waals surface area contributed by atoms with E-state index < -0.39 is 0 Å². The zero-order valence-corrected chi connectivity index (χ0v) is 13.1. The van der Waals surface area contributed by atoms with Crippen LogP contribution in [0, 0.1) is 5.82 Å². The molecule has 0 radical (unpaired) electrons. The van der Waals surface area contributed by atoms with Crippen molar-refractivity contribution in [2.75, 3.05) is 13.7 Å². The van der Waals surface area contributed by atoms with Crippen LogP contribution in [0.3, 0.4) is 0 Å². The Bertz CT molecular complexity index is 633. The predicted octanol–water partition coefficient (Wildman–Crippen LogP) is 1.88. The topological polar surface area (TPSA) is 81.1 Å². The van der Waals surface area contributed by atoms with Crippen LogP contribution in [0.15, 0.2) is 30.9 Å². The number of carbonyl (C=O) groups excluding carboxylic acids is 1. The van der Waals surface area contributed by atoms with Crippen LogP contribution in [-0.2, 0) is 6.54 Å². The first-order valence-electron chi connectivity index (χ1n) is 7.30. The summed E-state index contributed by atoms with van der Waals surface area (Å²) in [5, 5.41) is 9.49. The molecule has 0 saturated heterocycles. The SMILES string of the molecule is COc1ccc(F)cc1[C@H](C)NC(=O)NCCCn1cncn1. The van der Waals surface area contributed by atoms with Crippen molar-refractivity contribution in [3.05, 3.63) is 42.2 Å². The standard InChI is InChI=1S/C15H20FN5O2/c1-11(13-8-12(16)4-5-14(13)23-2)20-15(22)18-6-3-7-21-10-17-9-19-21/h4-5,8-11H,3,6-7H2,1-2H3,(H2,18,20,22)/t11-/m0/s1. The van der Waals surface area contributed by atoms with Crippen LogP contribution in [0.25, 0.3) is 0 Å². The number of amides is 2. The lowest BCUT2D eigenvalue weighted by atomic mass is 10.1. The molecule has 1 atom stereocenters. The molecule has 2 rings (SSSR count). The fourth-order valence-electron chi connectivity index (χ4n) is 2.16. The molecule has 0 fully saturated rings. The van der Waals surface area contributed by atoms with Gasteiger partial charge in [-0.3, -0.25) is 4.68 Å². The van der Waals surface area contributed by atoms with Crippen LogP contribution in [-0.4, -0.2) is 34.5 Å². The maximum atomic E-state index is 13.4. The summed E-state index contributed by atoms with van der Waals surface area (Å²) in [4.78, 5) is 15.7. The summed E-state index contributed by atoms with van der Waals surface area (Å²) in [5.74, 6) is 0.160.